The number of carboxylic acids is 1. The van der Waals surface area contributed by atoms with Gasteiger partial charge in [-0.25, -0.2) is 9.78 Å². The van der Waals surface area contributed by atoms with E-state index in [0.717, 1.165) is 65.4 Å². The first kappa shape index (κ1) is 38.0. The number of imidazole rings is 1. The zero-order chi connectivity index (χ0) is 39.0. The molecule has 0 spiro atoms. The number of rotatable bonds is 15. The van der Waals surface area contributed by atoms with Gasteiger partial charge in [0.1, 0.15) is 23.7 Å². The van der Waals surface area contributed by atoms with E-state index in [2.05, 4.69) is 42.6 Å². The number of carbonyl (C=O) groups is 2. The van der Waals surface area contributed by atoms with Crippen LogP contribution in [0.5, 0.6) is 5.75 Å². The summed E-state index contributed by atoms with van der Waals surface area (Å²) in [7, 11) is 3.48. The van der Waals surface area contributed by atoms with Crippen LogP contribution in [0.15, 0.2) is 66.7 Å². The van der Waals surface area contributed by atoms with Gasteiger partial charge in [-0.2, -0.15) is 20.2 Å². The summed E-state index contributed by atoms with van der Waals surface area (Å²) >= 11 is 0. The lowest BCUT2D eigenvalue weighted by atomic mass is 10.0. The van der Waals surface area contributed by atoms with Gasteiger partial charge in [0.05, 0.1) is 29.8 Å². The number of carbonyl (C=O) groups excluding carboxylic acids is 1. The van der Waals surface area contributed by atoms with E-state index in [-0.39, 0.29) is 30.3 Å². The summed E-state index contributed by atoms with van der Waals surface area (Å²) in [5, 5.41) is 25.7. The van der Waals surface area contributed by atoms with Crippen LogP contribution in [0.1, 0.15) is 35.4 Å². The maximum atomic E-state index is 12.8. The van der Waals surface area contributed by atoms with Gasteiger partial charge < -0.3 is 40.0 Å². The summed E-state index contributed by atoms with van der Waals surface area (Å²) in [6.45, 7) is 4.73. The summed E-state index contributed by atoms with van der Waals surface area (Å²) in [6.07, 6.45) is 2.13. The number of ether oxygens (including phenoxy) is 2. The van der Waals surface area contributed by atoms with Crippen LogP contribution in [-0.4, -0.2) is 117 Å². The first-order valence-corrected chi connectivity index (χ1v) is 18.7. The lowest BCUT2D eigenvalue weighted by Gasteiger charge is -2.35. The molecule has 1 amide bonds. The molecule has 0 aliphatic carbocycles. The molecular formula is C40H45N11O5. The van der Waals surface area contributed by atoms with Crippen molar-refractivity contribution in [1.82, 2.24) is 34.7 Å². The van der Waals surface area contributed by atoms with Crippen molar-refractivity contribution in [3.63, 3.8) is 0 Å². The van der Waals surface area contributed by atoms with Gasteiger partial charge in [0.2, 0.25) is 17.8 Å². The molecule has 2 fully saturated rings. The van der Waals surface area contributed by atoms with Crippen molar-refractivity contribution >= 4 is 46.4 Å². The van der Waals surface area contributed by atoms with Crippen LogP contribution >= 0.6 is 0 Å². The summed E-state index contributed by atoms with van der Waals surface area (Å²) in [5.74, 6) is 1.20. The van der Waals surface area contributed by atoms with Crippen LogP contribution in [0.25, 0.3) is 11.0 Å². The number of nitriles is 1. The molecule has 4 N–H and O–H groups in total. The third kappa shape index (κ3) is 9.49. The summed E-state index contributed by atoms with van der Waals surface area (Å²) in [6, 6.07) is 21.5. The van der Waals surface area contributed by atoms with E-state index < -0.39 is 12.0 Å². The molecule has 4 heterocycles. The molecular weight excluding hydrogens is 715 g/mol. The van der Waals surface area contributed by atoms with Gasteiger partial charge in [-0.15, -0.1) is 0 Å². The molecule has 56 heavy (non-hydrogen) atoms. The monoisotopic (exact) mass is 759 g/mol. The molecule has 2 aliphatic rings. The zero-order valence-electron chi connectivity index (χ0n) is 31.4. The van der Waals surface area contributed by atoms with Crippen LogP contribution in [0.3, 0.4) is 0 Å². The van der Waals surface area contributed by atoms with Crippen molar-refractivity contribution in [3.8, 4) is 11.8 Å². The van der Waals surface area contributed by atoms with Crippen molar-refractivity contribution in [2.45, 2.75) is 44.4 Å². The number of likely N-dealkylation sites (N-methyl/N-ethyl adjacent to an activating group) is 1. The van der Waals surface area contributed by atoms with E-state index in [4.69, 9.17) is 19.4 Å². The highest BCUT2D eigenvalue weighted by Gasteiger charge is 2.30. The average Bonchev–Trinajstić information content (AvgIpc) is 3.90. The lowest BCUT2D eigenvalue weighted by molar-refractivity contribution is -0.142. The van der Waals surface area contributed by atoms with Crippen LogP contribution in [-0.2, 0) is 33.7 Å². The number of H-pyrrole nitrogens is 1. The third-order valence-corrected chi connectivity index (χ3v) is 9.99. The van der Waals surface area contributed by atoms with Gasteiger partial charge in [-0.3, -0.25) is 9.69 Å². The minimum atomic E-state index is -1.08. The number of aromatic nitrogens is 5. The Morgan fingerprint density at radius 1 is 1.04 bits per heavy atom. The van der Waals surface area contributed by atoms with Gasteiger partial charge in [0, 0.05) is 77.5 Å². The molecule has 2 saturated heterocycles. The Kier molecular flexibility index (Phi) is 11.8. The molecule has 2 atom stereocenters. The molecule has 2 aliphatic heterocycles. The molecule has 0 bridgehead atoms. The van der Waals surface area contributed by atoms with Crippen molar-refractivity contribution in [2.24, 2.45) is 0 Å². The van der Waals surface area contributed by atoms with Crippen molar-refractivity contribution in [2.75, 3.05) is 69.0 Å². The highest BCUT2D eigenvalue weighted by Crippen LogP contribution is 2.23. The van der Waals surface area contributed by atoms with Crippen molar-refractivity contribution in [1.29, 1.82) is 5.26 Å². The number of aliphatic carboxylic acids is 1. The highest BCUT2D eigenvalue weighted by molar-refractivity contribution is 5.81. The maximum Gasteiger partial charge on any atom is 0.326 e. The Morgan fingerprint density at radius 2 is 1.84 bits per heavy atom. The molecule has 0 unspecified atom stereocenters. The number of benzene rings is 3. The standard InChI is InChI=1S/C40H45N11O5/c1-49(15-14-35-43-31-13-12-30(55-2)23-32(31)44-35)40-47-38(46-39(48-40)45-33(37(53)54)22-26-8-10-27(24-41)11-9-26)42-29-6-3-5-28(21-29)25-50-16-18-51(19-17-50)36(52)34-7-4-20-56-34/h3,5-6,8-13,21,23,33-34H,4,7,14-20,22,25H2,1-2H3,(H,43,44)(H,53,54)(H2,42,45,46,47,48)/t33-,34-/m0/s1. The molecule has 0 radical (unpaired) electrons. The topological polar surface area (TPSA) is 198 Å². The molecule has 2 aromatic heterocycles. The number of piperazine rings is 1. The second-order valence-electron chi connectivity index (χ2n) is 14.0. The van der Waals surface area contributed by atoms with Gasteiger partial charge in [-0.05, 0) is 60.4 Å². The molecule has 16 heteroatoms. The fourth-order valence-corrected chi connectivity index (χ4v) is 6.86. The number of nitrogens with zero attached hydrogens (tertiary/aromatic N) is 8. The normalized spacial score (nSPS) is 16.3. The van der Waals surface area contributed by atoms with Crippen LogP contribution in [0.4, 0.5) is 23.5 Å². The maximum absolute atomic E-state index is 12.8. The van der Waals surface area contributed by atoms with Crippen LogP contribution in [0, 0.1) is 11.3 Å². The molecule has 5 aromatic rings. The Morgan fingerprint density at radius 3 is 2.57 bits per heavy atom. The van der Waals surface area contributed by atoms with E-state index in [0.29, 0.717) is 50.7 Å². The SMILES string of the molecule is COc1ccc2nc(CCN(C)c3nc(Nc4cccc(CN5CCN(C(=O)[C@@H]6CCCO6)CC5)c4)nc(N[C@@H](Cc4ccc(C#N)cc4)C(=O)O)n3)[nH]c2c1. The van der Waals surface area contributed by atoms with Crippen molar-refractivity contribution < 1.29 is 24.2 Å². The predicted molar refractivity (Wildman–Crippen MR) is 210 cm³/mol. The number of methoxy groups -OCH3 is 1. The number of nitrogens with one attached hydrogen (secondary N) is 3. The summed E-state index contributed by atoms with van der Waals surface area (Å²) in [5.41, 5.74) is 4.77. The highest BCUT2D eigenvalue weighted by atomic mass is 16.5. The smallest absolute Gasteiger partial charge is 0.326 e. The first-order chi connectivity index (χ1) is 27.2. The molecule has 0 saturated carbocycles. The zero-order valence-corrected chi connectivity index (χ0v) is 31.4. The summed E-state index contributed by atoms with van der Waals surface area (Å²) in [4.78, 5) is 53.4. The Hall–Kier alpha value is -6.31. The number of hydrogen-bond acceptors (Lipinski definition) is 13. The fourth-order valence-electron chi connectivity index (χ4n) is 6.86. The Bertz CT molecular complexity index is 2190. The number of amides is 1. The van der Waals surface area contributed by atoms with Crippen LogP contribution in [0.2, 0.25) is 0 Å². The minimum absolute atomic E-state index is 0.0906. The van der Waals surface area contributed by atoms with Crippen molar-refractivity contribution in [3.05, 3.63) is 89.2 Å². The third-order valence-electron chi connectivity index (χ3n) is 9.99. The van der Waals surface area contributed by atoms with Gasteiger partial charge in [0.25, 0.3) is 5.91 Å². The largest absolute Gasteiger partial charge is 0.497 e. The van der Waals surface area contributed by atoms with Gasteiger partial charge in [-0.1, -0.05) is 24.3 Å². The Labute approximate surface area is 324 Å². The number of fused-ring (bicyclic) bond motifs is 1. The molecule has 3 aromatic carbocycles. The average molecular weight is 760 g/mol. The van der Waals surface area contributed by atoms with E-state index in [1.165, 1.54) is 0 Å². The lowest BCUT2D eigenvalue weighted by Crippen LogP contribution is -2.51. The quantitative estimate of drug-likeness (QED) is 0.120. The van der Waals surface area contributed by atoms with Gasteiger partial charge >= 0.3 is 5.97 Å². The van der Waals surface area contributed by atoms with E-state index in [1.54, 1.807) is 31.4 Å². The summed E-state index contributed by atoms with van der Waals surface area (Å²) < 4.78 is 11.0. The second kappa shape index (κ2) is 17.4. The number of anilines is 4. The molecule has 16 nitrogen and oxygen atoms in total. The number of aromatic amines is 1. The van der Waals surface area contributed by atoms with E-state index >= 15 is 0 Å². The molecule has 290 valence electrons. The van der Waals surface area contributed by atoms with E-state index in [1.807, 2.05) is 53.2 Å². The van der Waals surface area contributed by atoms with Gasteiger partial charge in [0.15, 0.2) is 0 Å². The van der Waals surface area contributed by atoms with E-state index in [9.17, 15) is 20.0 Å². The first-order valence-electron chi connectivity index (χ1n) is 18.7. The number of hydrogen-bond donors (Lipinski definition) is 4. The minimum Gasteiger partial charge on any atom is -0.497 e. The molecule has 7 rings (SSSR count). The second-order valence-corrected chi connectivity index (χ2v) is 14.0. The van der Waals surface area contributed by atoms with Crippen LogP contribution < -0.4 is 20.3 Å². The number of carboxylic acid groups (broad SMARTS) is 1. The fraction of sp³-hybridized carbons (Fsp3) is 0.375. The predicted octanol–water partition coefficient (Wildman–Crippen LogP) is 3.98. The Balaban J connectivity index is 1.07.